The molecule has 27 heavy (non-hydrogen) atoms. The number of ether oxygens (including phenoxy) is 1. The first-order valence-corrected chi connectivity index (χ1v) is 8.99. The highest BCUT2D eigenvalue weighted by atomic mass is 35.5. The van der Waals surface area contributed by atoms with Crippen LogP contribution in [0.1, 0.15) is 26.7 Å². The maximum Gasteiger partial charge on any atom is 0.227 e. The van der Waals surface area contributed by atoms with Crippen LogP contribution in [-0.2, 0) is 9.59 Å². The number of nitrogens with one attached hydrogen (secondary N) is 2. The minimum Gasteiger partial charge on any atom is -0.491 e. The molecule has 7 heteroatoms. The molecule has 0 radical (unpaired) electrons. The Bertz CT molecular complexity index is 794. The Hall–Kier alpha value is -2.60. The molecule has 144 valence electrons. The number of amides is 2. The van der Waals surface area contributed by atoms with Gasteiger partial charge in [0.1, 0.15) is 11.6 Å². The van der Waals surface area contributed by atoms with Crippen LogP contribution in [0.15, 0.2) is 42.5 Å². The van der Waals surface area contributed by atoms with Crippen molar-refractivity contribution in [2.45, 2.75) is 26.7 Å². The molecule has 0 aromatic heterocycles. The van der Waals surface area contributed by atoms with Crippen molar-refractivity contribution < 1.29 is 18.7 Å². The highest BCUT2D eigenvalue weighted by molar-refractivity contribution is 6.32. The van der Waals surface area contributed by atoms with Gasteiger partial charge in [0.05, 0.1) is 18.1 Å². The lowest BCUT2D eigenvalue weighted by Gasteiger charge is -2.10. The van der Waals surface area contributed by atoms with E-state index >= 15 is 0 Å². The molecule has 0 spiro atoms. The quantitative estimate of drug-likeness (QED) is 0.673. The molecule has 2 N–H and O–H groups in total. The van der Waals surface area contributed by atoms with E-state index in [4.69, 9.17) is 16.3 Å². The molecule has 0 bridgehead atoms. The van der Waals surface area contributed by atoms with Crippen LogP contribution in [0.5, 0.6) is 5.75 Å². The van der Waals surface area contributed by atoms with Crippen molar-refractivity contribution in [3.63, 3.8) is 0 Å². The number of hydrogen-bond acceptors (Lipinski definition) is 3. The lowest BCUT2D eigenvalue weighted by atomic mass is 10.1. The lowest BCUT2D eigenvalue weighted by molar-refractivity contribution is -0.117. The van der Waals surface area contributed by atoms with Gasteiger partial charge in [-0.15, -0.1) is 0 Å². The Morgan fingerprint density at radius 2 is 1.63 bits per heavy atom. The van der Waals surface area contributed by atoms with Gasteiger partial charge in [0.15, 0.2) is 0 Å². The van der Waals surface area contributed by atoms with Gasteiger partial charge in [-0.05, 0) is 48.4 Å². The van der Waals surface area contributed by atoms with E-state index in [1.807, 2.05) is 13.8 Å². The Morgan fingerprint density at radius 1 is 1.04 bits per heavy atom. The molecule has 0 aliphatic carbocycles. The molecule has 2 aromatic carbocycles. The third-order valence-corrected chi connectivity index (χ3v) is 3.82. The number of hydrogen-bond donors (Lipinski definition) is 2. The van der Waals surface area contributed by atoms with Crippen LogP contribution < -0.4 is 15.4 Å². The molecular weight excluding hydrogens is 371 g/mol. The minimum absolute atomic E-state index is 0.0432. The van der Waals surface area contributed by atoms with Crippen molar-refractivity contribution in [3.8, 4) is 5.75 Å². The first-order valence-electron chi connectivity index (χ1n) is 8.61. The maximum absolute atomic E-state index is 13.0. The van der Waals surface area contributed by atoms with Gasteiger partial charge in [0, 0.05) is 17.8 Å². The topological polar surface area (TPSA) is 67.4 Å². The second kappa shape index (κ2) is 9.92. The summed E-state index contributed by atoms with van der Waals surface area (Å²) in [6.45, 7) is 4.07. The van der Waals surface area contributed by atoms with Crippen LogP contribution in [0.2, 0.25) is 5.02 Å². The van der Waals surface area contributed by atoms with E-state index in [0.29, 0.717) is 23.5 Å². The average Bonchev–Trinajstić information content (AvgIpc) is 2.58. The normalized spacial score (nSPS) is 10.6. The fraction of sp³-hybridized carbons (Fsp3) is 0.300. The zero-order valence-corrected chi connectivity index (χ0v) is 16.0. The van der Waals surface area contributed by atoms with Crippen molar-refractivity contribution >= 4 is 34.8 Å². The first-order chi connectivity index (χ1) is 12.8. The van der Waals surface area contributed by atoms with Crippen molar-refractivity contribution in [3.05, 3.63) is 53.3 Å². The number of benzene rings is 2. The van der Waals surface area contributed by atoms with E-state index < -0.39 is 5.82 Å². The standard InChI is InChI=1S/C20H22ClFN2O3/c1-13(2)11-20(26)24-16-6-4-15(5-7-16)23-19(25)9-10-27-18-8-3-14(22)12-17(18)21/h3-8,12-13H,9-11H2,1-2H3,(H,23,25)(H,24,26). The van der Waals surface area contributed by atoms with Crippen LogP contribution in [0.3, 0.4) is 0 Å². The van der Waals surface area contributed by atoms with E-state index in [1.54, 1.807) is 24.3 Å². The van der Waals surface area contributed by atoms with Crippen LogP contribution in [0.4, 0.5) is 15.8 Å². The van der Waals surface area contributed by atoms with Crippen LogP contribution in [-0.4, -0.2) is 18.4 Å². The molecule has 2 amide bonds. The molecule has 0 saturated heterocycles. The average molecular weight is 393 g/mol. The predicted molar refractivity (Wildman–Crippen MR) is 105 cm³/mol. The molecular formula is C20H22ClFN2O3. The van der Waals surface area contributed by atoms with Gasteiger partial charge < -0.3 is 15.4 Å². The Morgan fingerprint density at radius 3 is 2.19 bits per heavy atom. The zero-order chi connectivity index (χ0) is 19.8. The lowest BCUT2D eigenvalue weighted by Crippen LogP contribution is -2.16. The molecule has 5 nitrogen and oxygen atoms in total. The monoisotopic (exact) mass is 392 g/mol. The third-order valence-electron chi connectivity index (χ3n) is 3.53. The molecule has 0 unspecified atom stereocenters. The van der Waals surface area contributed by atoms with E-state index in [1.165, 1.54) is 12.1 Å². The fourth-order valence-electron chi connectivity index (χ4n) is 2.29. The van der Waals surface area contributed by atoms with Crippen molar-refractivity contribution in [2.75, 3.05) is 17.2 Å². The van der Waals surface area contributed by atoms with Crippen molar-refractivity contribution in [2.24, 2.45) is 5.92 Å². The van der Waals surface area contributed by atoms with Gasteiger partial charge in [-0.2, -0.15) is 0 Å². The Balaban J connectivity index is 1.77. The van der Waals surface area contributed by atoms with Gasteiger partial charge in [-0.1, -0.05) is 25.4 Å². The molecule has 0 aliphatic heterocycles. The summed E-state index contributed by atoms with van der Waals surface area (Å²) in [5.74, 6) is -0.111. The summed E-state index contributed by atoms with van der Waals surface area (Å²) < 4.78 is 18.4. The van der Waals surface area contributed by atoms with Gasteiger partial charge >= 0.3 is 0 Å². The fourth-order valence-corrected chi connectivity index (χ4v) is 2.51. The second-order valence-electron chi connectivity index (χ2n) is 6.44. The van der Waals surface area contributed by atoms with Gasteiger partial charge in [0.2, 0.25) is 11.8 Å². The zero-order valence-electron chi connectivity index (χ0n) is 15.2. The van der Waals surface area contributed by atoms with Crippen LogP contribution in [0, 0.1) is 11.7 Å². The Labute approximate surface area is 162 Å². The van der Waals surface area contributed by atoms with E-state index in [0.717, 1.165) is 6.07 Å². The van der Waals surface area contributed by atoms with Crippen molar-refractivity contribution in [1.29, 1.82) is 0 Å². The number of carbonyl (C=O) groups excluding carboxylic acids is 2. The molecule has 2 rings (SSSR count). The predicted octanol–water partition coefficient (Wildman–Crippen LogP) is 4.87. The highest BCUT2D eigenvalue weighted by Crippen LogP contribution is 2.25. The second-order valence-corrected chi connectivity index (χ2v) is 6.85. The van der Waals surface area contributed by atoms with E-state index in [2.05, 4.69) is 10.6 Å². The summed E-state index contributed by atoms with van der Waals surface area (Å²) in [5.41, 5.74) is 1.29. The van der Waals surface area contributed by atoms with E-state index in [9.17, 15) is 14.0 Å². The summed E-state index contributed by atoms with van der Waals surface area (Å²) in [4.78, 5) is 23.7. The SMILES string of the molecule is CC(C)CC(=O)Nc1ccc(NC(=O)CCOc2ccc(F)cc2Cl)cc1. The maximum atomic E-state index is 13.0. The molecule has 0 aliphatic rings. The summed E-state index contributed by atoms with van der Waals surface area (Å²) in [7, 11) is 0. The summed E-state index contributed by atoms with van der Waals surface area (Å²) in [6, 6.07) is 10.7. The third kappa shape index (κ3) is 7.27. The summed E-state index contributed by atoms with van der Waals surface area (Å²) in [5, 5.41) is 5.70. The largest absolute Gasteiger partial charge is 0.491 e. The number of rotatable bonds is 8. The molecule has 0 fully saturated rings. The molecule has 2 aromatic rings. The highest BCUT2D eigenvalue weighted by Gasteiger charge is 2.08. The molecule has 0 atom stereocenters. The number of carbonyl (C=O) groups is 2. The van der Waals surface area contributed by atoms with Crippen molar-refractivity contribution in [1.82, 2.24) is 0 Å². The summed E-state index contributed by atoms with van der Waals surface area (Å²) >= 11 is 5.86. The van der Waals surface area contributed by atoms with E-state index in [-0.39, 0.29) is 35.8 Å². The van der Waals surface area contributed by atoms with Crippen LogP contribution >= 0.6 is 11.6 Å². The molecule has 0 saturated carbocycles. The van der Waals surface area contributed by atoms with Gasteiger partial charge in [-0.3, -0.25) is 9.59 Å². The van der Waals surface area contributed by atoms with Crippen LogP contribution in [0.25, 0.3) is 0 Å². The number of halogens is 2. The summed E-state index contributed by atoms with van der Waals surface area (Å²) in [6.07, 6.45) is 0.567. The minimum atomic E-state index is -0.450. The first kappa shape index (κ1) is 20.7. The van der Waals surface area contributed by atoms with Gasteiger partial charge in [-0.25, -0.2) is 4.39 Å². The smallest absolute Gasteiger partial charge is 0.227 e. The van der Waals surface area contributed by atoms with Gasteiger partial charge in [0.25, 0.3) is 0 Å². The Kier molecular flexibility index (Phi) is 7.61. The molecule has 0 heterocycles. The number of anilines is 2.